The largest absolute Gasteiger partial charge is 0.356 e. The van der Waals surface area contributed by atoms with Gasteiger partial charge in [-0.25, -0.2) is 0 Å². The second-order valence-electron chi connectivity index (χ2n) is 16.7. The number of nitrogens with two attached hydrogens (primary N) is 1. The van der Waals surface area contributed by atoms with E-state index < -0.39 is 101 Å². The molecule has 0 aromatic carbocycles. The molecule has 0 spiro atoms. The third-order valence-corrected chi connectivity index (χ3v) is 10.9. The van der Waals surface area contributed by atoms with Gasteiger partial charge in [-0.3, -0.25) is 82.0 Å². The van der Waals surface area contributed by atoms with Gasteiger partial charge >= 0.3 is 0 Å². The topological polar surface area (TPSA) is 271 Å². The summed E-state index contributed by atoms with van der Waals surface area (Å²) in [5.74, 6) is -6.54. The van der Waals surface area contributed by atoms with E-state index in [1.54, 1.807) is 13.8 Å². The van der Waals surface area contributed by atoms with E-state index in [1.165, 1.54) is 26.9 Å². The molecule has 5 aliphatic heterocycles. The van der Waals surface area contributed by atoms with Crippen LogP contribution in [0.3, 0.4) is 0 Å². The van der Waals surface area contributed by atoms with Crippen molar-refractivity contribution >= 4 is 70.9 Å². The van der Waals surface area contributed by atoms with Crippen LogP contribution in [-0.2, 0) is 57.5 Å². The molecule has 5 fully saturated rings. The molecule has 5 rings (SSSR count). The van der Waals surface area contributed by atoms with E-state index in [0.717, 1.165) is 49.8 Å². The lowest BCUT2D eigenvalue weighted by atomic mass is 10.1. The number of likely N-dealkylation sites (N-methyl/N-ethyl adjacent to an activating group) is 2. The highest BCUT2D eigenvalue weighted by molar-refractivity contribution is 6.17. The van der Waals surface area contributed by atoms with Crippen LogP contribution < -0.4 is 16.4 Å². The van der Waals surface area contributed by atoms with Gasteiger partial charge in [0.25, 0.3) is 23.6 Å². The van der Waals surface area contributed by atoms with Gasteiger partial charge in [0.15, 0.2) is 0 Å². The Morgan fingerprint density at radius 1 is 0.600 bits per heavy atom. The maximum absolute atomic E-state index is 12.6. The molecule has 0 aromatic heterocycles. The van der Waals surface area contributed by atoms with Crippen LogP contribution in [0.4, 0.5) is 0 Å². The van der Waals surface area contributed by atoms with Crippen molar-refractivity contribution in [3.63, 3.8) is 0 Å². The van der Waals surface area contributed by atoms with E-state index in [-0.39, 0.29) is 44.4 Å². The van der Waals surface area contributed by atoms with Crippen molar-refractivity contribution in [2.45, 2.75) is 130 Å². The van der Waals surface area contributed by atoms with Crippen molar-refractivity contribution in [2.75, 3.05) is 27.2 Å². The number of nitrogens with zero attached hydrogens (tertiary/aromatic N) is 5. The maximum atomic E-state index is 12.6. The van der Waals surface area contributed by atoms with Gasteiger partial charge in [-0.1, -0.05) is 41.5 Å². The summed E-state index contributed by atoms with van der Waals surface area (Å²) in [4.78, 5) is 149. The Morgan fingerprint density at radius 2 is 1.03 bits per heavy atom. The number of likely N-dealkylation sites (tertiary alicyclic amines) is 5. The van der Waals surface area contributed by atoms with Crippen molar-refractivity contribution in [1.29, 1.82) is 0 Å². The zero-order valence-corrected chi connectivity index (χ0v) is 35.8. The van der Waals surface area contributed by atoms with Gasteiger partial charge in [-0.05, 0) is 44.1 Å². The Balaban J connectivity index is 0.000000282. The lowest BCUT2D eigenvalue weighted by molar-refractivity contribution is -0.152. The van der Waals surface area contributed by atoms with Gasteiger partial charge < -0.3 is 16.4 Å². The van der Waals surface area contributed by atoms with Gasteiger partial charge in [0.05, 0.1) is 25.7 Å². The first-order chi connectivity index (χ1) is 28.0. The molecule has 6 atom stereocenters. The van der Waals surface area contributed by atoms with Crippen LogP contribution in [-0.4, -0.2) is 147 Å². The van der Waals surface area contributed by atoms with Gasteiger partial charge in [0, 0.05) is 45.3 Å². The lowest BCUT2D eigenvalue weighted by Gasteiger charge is -2.23. The third-order valence-electron chi connectivity index (χ3n) is 10.9. The number of imide groups is 5. The number of nitrogens with one attached hydrogen (secondary N) is 2. The summed E-state index contributed by atoms with van der Waals surface area (Å²) in [5, 5.41) is 5.26. The summed E-state index contributed by atoms with van der Waals surface area (Å²) in [7, 11) is 2.58. The van der Waals surface area contributed by atoms with Gasteiger partial charge in [-0.15, -0.1) is 0 Å². The van der Waals surface area contributed by atoms with Crippen LogP contribution in [0.1, 0.15) is 106 Å². The van der Waals surface area contributed by atoms with Crippen LogP contribution in [0.25, 0.3) is 0 Å². The molecule has 0 bridgehead atoms. The van der Waals surface area contributed by atoms with E-state index in [9.17, 15) is 57.5 Å². The fourth-order valence-corrected chi connectivity index (χ4v) is 7.29. The lowest BCUT2D eigenvalue weighted by Crippen LogP contribution is -2.49. The molecule has 332 valence electrons. The summed E-state index contributed by atoms with van der Waals surface area (Å²) in [5.41, 5.74) is 5.28. The van der Waals surface area contributed by atoms with Crippen molar-refractivity contribution in [2.24, 2.45) is 29.4 Å². The minimum absolute atomic E-state index is 0.000384. The molecule has 0 aliphatic carbocycles. The van der Waals surface area contributed by atoms with E-state index in [2.05, 4.69) is 38.3 Å². The number of rotatable bonds is 14. The van der Waals surface area contributed by atoms with E-state index in [1.807, 2.05) is 0 Å². The standard InChI is InChI=1S/C20H30N4O6.C14H15N3O6.C6H15N/c1-11(2)6-5-7-21-15(25)8-12(3)18(28)22-13-9-17(27)24(19(13)29)14-10-16(26)23(4)20(14)30;1-6-3-10(19)16(12(6)21)8-5-11(20)17(14(8)23)7-4-9(18)15(2)13(7)22;1-6(2)4-3-5-7/h11-14H,5-10H2,1-4H3,(H,21,25)(H,22,28);6-8H,3-5H2,1-2H3;6H,3-5,7H2,1-2H3. The van der Waals surface area contributed by atoms with Crippen molar-refractivity contribution < 1.29 is 57.5 Å². The minimum atomic E-state index is -1.21. The molecule has 0 aromatic rings. The molecule has 0 saturated carbocycles. The number of hydrogen-bond acceptors (Lipinski definition) is 13. The van der Waals surface area contributed by atoms with Crippen molar-refractivity contribution in [3.8, 4) is 0 Å². The molecule has 20 nitrogen and oxygen atoms in total. The Hall–Kier alpha value is -5.40. The SMILES string of the molecule is CC(C)CCCN.CC(C)CCCNC(=O)CC(C)C(=O)NC1CC(=O)N(C2CC(=O)N(C)C2=O)C1=O.CC1CC(=O)N(C2CC(=O)N(C3CC(=O)N(C)C3=O)C2=O)C1=O. The Labute approximate surface area is 349 Å². The summed E-state index contributed by atoms with van der Waals surface area (Å²) < 4.78 is 0. The quantitative estimate of drug-likeness (QED) is 0.143. The highest BCUT2D eigenvalue weighted by Crippen LogP contribution is 2.31. The molecular formula is C40H60N8O12. The smallest absolute Gasteiger partial charge is 0.253 e. The predicted octanol–water partition coefficient (Wildman–Crippen LogP) is -0.786. The van der Waals surface area contributed by atoms with E-state index >= 15 is 0 Å². The molecule has 5 saturated heterocycles. The maximum Gasteiger partial charge on any atom is 0.253 e. The minimum Gasteiger partial charge on any atom is -0.356 e. The second kappa shape index (κ2) is 21.2. The van der Waals surface area contributed by atoms with E-state index in [0.29, 0.717) is 12.5 Å². The van der Waals surface area contributed by atoms with Crippen LogP contribution >= 0.6 is 0 Å². The summed E-state index contributed by atoms with van der Waals surface area (Å²) >= 11 is 0. The average Bonchev–Trinajstić information content (AvgIpc) is 3.87. The highest BCUT2D eigenvalue weighted by atomic mass is 16.2. The van der Waals surface area contributed by atoms with Crippen LogP contribution in [0.15, 0.2) is 0 Å². The zero-order valence-electron chi connectivity index (χ0n) is 35.8. The highest BCUT2D eigenvalue weighted by Gasteiger charge is 2.55. The van der Waals surface area contributed by atoms with Crippen LogP contribution in [0, 0.1) is 23.7 Å². The normalized spacial score (nSPS) is 24.9. The molecule has 60 heavy (non-hydrogen) atoms. The molecule has 12 amide bonds. The molecule has 4 N–H and O–H groups in total. The third kappa shape index (κ3) is 11.7. The zero-order chi connectivity index (χ0) is 45.3. The Kier molecular flexibility index (Phi) is 17.3. The Bertz CT molecular complexity index is 1760. The first-order valence-corrected chi connectivity index (χ1v) is 20.5. The number of hydrogen-bond donors (Lipinski definition) is 3. The fourth-order valence-electron chi connectivity index (χ4n) is 7.29. The number of carbonyl (C=O) groups excluding carboxylic acids is 12. The molecular weight excluding hydrogens is 784 g/mol. The van der Waals surface area contributed by atoms with Gasteiger partial charge in [0.1, 0.15) is 24.2 Å². The average molecular weight is 845 g/mol. The molecule has 5 heterocycles. The first kappa shape index (κ1) is 49.0. The van der Waals surface area contributed by atoms with E-state index in [4.69, 9.17) is 5.73 Å². The number of amides is 12. The summed E-state index contributed by atoms with van der Waals surface area (Å²) in [6.45, 7) is 13.2. The van der Waals surface area contributed by atoms with Gasteiger partial charge in [-0.2, -0.15) is 0 Å². The number of carbonyl (C=O) groups is 12. The first-order valence-electron chi connectivity index (χ1n) is 20.5. The molecule has 20 heteroatoms. The van der Waals surface area contributed by atoms with Gasteiger partial charge in [0.2, 0.25) is 47.3 Å². The predicted molar refractivity (Wildman–Crippen MR) is 211 cm³/mol. The van der Waals surface area contributed by atoms with Crippen molar-refractivity contribution in [3.05, 3.63) is 0 Å². The second-order valence-corrected chi connectivity index (χ2v) is 16.7. The molecule has 6 unspecified atom stereocenters. The molecule has 0 radical (unpaired) electrons. The summed E-state index contributed by atoms with van der Waals surface area (Å²) in [6.07, 6.45) is 3.14. The van der Waals surface area contributed by atoms with Crippen molar-refractivity contribution in [1.82, 2.24) is 35.1 Å². The fraction of sp³-hybridized carbons (Fsp3) is 0.700. The van der Waals surface area contributed by atoms with Crippen LogP contribution in [0.5, 0.6) is 0 Å². The monoisotopic (exact) mass is 844 g/mol. The van der Waals surface area contributed by atoms with Crippen LogP contribution in [0.2, 0.25) is 0 Å². The summed E-state index contributed by atoms with van der Waals surface area (Å²) in [6, 6.07) is -4.64. The Morgan fingerprint density at radius 3 is 1.47 bits per heavy atom. The molecule has 5 aliphatic rings.